The highest BCUT2D eigenvalue weighted by atomic mass is 35.5. The van der Waals surface area contributed by atoms with Crippen LogP contribution in [0, 0.1) is 5.82 Å². The van der Waals surface area contributed by atoms with Crippen LogP contribution in [0.1, 0.15) is 17.2 Å². The van der Waals surface area contributed by atoms with Crippen LogP contribution in [0.3, 0.4) is 0 Å². The van der Waals surface area contributed by atoms with Crippen molar-refractivity contribution in [2.75, 3.05) is 0 Å². The number of hydrogen-bond acceptors (Lipinski definition) is 3. The van der Waals surface area contributed by atoms with Crippen LogP contribution >= 0.6 is 22.9 Å². The van der Waals surface area contributed by atoms with E-state index in [-0.39, 0.29) is 11.1 Å². The van der Waals surface area contributed by atoms with E-state index >= 15 is 0 Å². The first-order valence-electron chi connectivity index (χ1n) is 5.13. The second kappa shape index (κ2) is 5.60. The number of nitrogens with two attached hydrogens (primary N) is 1. The molecule has 2 nitrogen and oxygen atoms in total. The normalized spacial score (nSPS) is 12.6. The molecule has 2 aromatic rings. The summed E-state index contributed by atoms with van der Waals surface area (Å²) in [6.45, 7) is 0. The maximum atomic E-state index is 13.1. The summed E-state index contributed by atoms with van der Waals surface area (Å²) in [5, 5.41) is 4.20. The number of benzene rings is 1. The summed E-state index contributed by atoms with van der Waals surface area (Å²) in [5.74, 6) is 5.11. The monoisotopic (exact) mass is 270 g/mol. The van der Waals surface area contributed by atoms with Gasteiger partial charge in [-0.2, -0.15) is 11.3 Å². The molecule has 0 bridgehead atoms. The van der Waals surface area contributed by atoms with E-state index in [0.717, 1.165) is 12.0 Å². The van der Waals surface area contributed by atoms with Gasteiger partial charge >= 0.3 is 0 Å². The molecular formula is C12H12ClFN2S. The Bertz CT molecular complexity index is 487. The molecule has 1 atom stereocenters. The Morgan fingerprint density at radius 2 is 2.24 bits per heavy atom. The predicted octanol–water partition coefficient (Wildman–Crippen LogP) is 3.29. The summed E-state index contributed by atoms with van der Waals surface area (Å²) in [5.41, 5.74) is 4.80. The van der Waals surface area contributed by atoms with Gasteiger partial charge in [-0.25, -0.2) is 4.39 Å². The zero-order chi connectivity index (χ0) is 12.3. The third-order valence-corrected chi connectivity index (χ3v) is 3.59. The van der Waals surface area contributed by atoms with Gasteiger partial charge in [0.2, 0.25) is 0 Å². The zero-order valence-electron chi connectivity index (χ0n) is 8.99. The lowest BCUT2D eigenvalue weighted by atomic mass is 10.0. The van der Waals surface area contributed by atoms with Crippen molar-refractivity contribution in [2.45, 2.75) is 12.5 Å². The molecule has 0 aliphatic carbocycles. The van der Waals surface area contributed by atoms with Crippen LogP contribution < -0.4 is 11.3 Å². The third kappa shape index (κ3) is 3.04. The van der Waals surface area contributed by atoms with Crippen molar-refractivity contribution in [3.8, 4) is 0 Å². The molecule has 0 amide bonds. The van der Waals surface area contributed by atoms with Crippen molar-refractivity contribution < 1.29 is 4.39 Å². The number of thiophene rings is 1. The molecule has 0 fully saturated rings. The molecule has 1 aromatic carbocycles. The van der Waals surface area contributed by atoms with Crippen molar-refractivity contribution in [3.63, 3.8) is 0 Å². The van der Waals surface area contributed by atoms with Gasteiger partial charge in [-0.1, -0.05) is 17.7 Å². The molecule has 2 rings (SSSR count). The lowest BCUT2D eigenvalue weighted by Crippen LogP contribution is -2.29. The molecule has 0 aliphatic rings. The van der Waals surface area contributed by atoms with E-state index < -0.39 is 5.82 Å². The molecule has 3 N–H and O–H groups in total. The second-order valence-corrected chi connectivity index (χ2v) is 4.92. The van der Waals surface area contributed by atoms with Crippen molar-refractivity contribution in [3.05, 3.63) is 57.0 Å². The molecule has 1 aromatic heterocycles. The first-order chi connectivity index (χ1) is 8.20. The average molecular weight is 271 g/mol. The fourth-order valence-electron chi connectivity index (χ4n) is 1.65. The van der Waals surface area contributed by atoms with Gasteiger partial charge in [0.15, 0.2) is 0 Å². The molecule has 0 aliphatic heterocycles. The molecule has 1 unspecified atom stereocenters. The summed E-state index contributed by atoms with van der Waals surface area (Å²) in [6.07, 6.45) is 0.752. The van der Waals surface area contributed by atoms with Crippen LogP contribution in [0.4, 0.5) is 4.39 Å². The SMILES string of the molecule is NNC(Cc1ccsc1)c1ccc(F)c(Cl)c1. The van der Waals surface area contributed by atoms with E-state index in [9.17, 15) is 4.39 Å². The molecule has 0 radical (unpaired) electrons. The summed E-state index contributed by atoms with van der Waals surface area (Å²) < 4.78 is 13.1. The minimum absolute atomic E-state index is 0.0669. The average Bonchev–Trinajstić information content (AvgIpc) is 2.82. The number of rotatable bonds is 4. The maximum Gasteiger partial charge on any atom is 0.141 e. The van der Waals surface area contributed by atoms with Crippen LogP contribution in [-0.2, 0) is 6.42 Å². The first-order valence-corrected chi connectivity index (χ1v) is 6.45. The molecule has 17 heavy (non-hydrogen) atoms. The van der Waals surface area contributed by atoms with Crippen LogP contribution in [0.15, 0.2) is 35.0 Å². The third-order valence-electron chi connectivity index (χ3n) is 2.57. The zero-order valence-corrected chi connectivity index (χ0v) is 10.6. The maximum absolute atomic E-state index is 13.1. The topological polar surface area (TPSA) is 38.0 Å². The van der Waals surface area contributed by atoms with Crippen molar-refractivity contribution in [1.82, 2.24) is 5.43 Å². The van der Waals surface area contributed by atoms with Crippen molar-refractivity contribution in [2.24, 2.45) is 5.84 Å². The Labute approximate surface area is 108 Å². The van der Waals surface area contributed by atoms with Crippen LogP contribution in [0.2, 0.25) is 5.02 Å². The fourth-order valence-corrected chi connectivity index (χ4v) is 2.52. The Hall–Kier alpha value is -0.940. The van der Waals surface area contributed by atoms with E-state index in [4.69, 9.17) is 17.4 Å². The lowest BCUT2D eigenvalue weighted by molar-refractivity contribution is 0.550. The highest BCUT2D eigenvalue weighted by Crippen LogP contribution is 2.23. The Balaban J connectivity index is 2.20. The highest BCUT2D eigenvalue weighted by Gasteiger charge is 2.12. The number of hydrogen-bond donors (Lipinski definition) is 2. The van der Waals surface area contributed by atoms with Crippen molar-refractivity contribution >= 4 is 22.9 Å². The second-order valence-electron chi connectivity index (χ2n) is 3.73. The molecule has 90 valence electrons. The van der Waals surface area contributed by atoms with Gasteiger partial charge in [-0.05, 0) is 46.5 Å². The van der Waals surface area contributed by atoms with Gasteiger partial charge in [0.1, 0.15) is 5.82 Å². The minimum atomic E-state index is -0.415. The van der Waals surface area contributed by atoms with E-state index in [0.29, 0.717) is 0 Å². The van der Waals surface area contributed by atoms with E-state index in [2.05, 4.69) is 10.8 Å². The fraction of sp³-hybridized carbons (Fsp3) is 0.167. The summed E-state index contributed by atoms with van der Waals surface area (Å²) in [7, 11) is 0. The van der Waals surface area contributed by atoms with Crippen LogP contribution in [0.5, 0.6) is 0 Å². The van der Waals surface area contributed by atoms with Gasteiger partial charge < -0.3 is 0 Å². The van der Waals surface area contributed by atoms with Gasteiger partial charge in [-0.15, -0.1) is 0 Å². The van der Waals surface area contributed by atoms with Gasteiger partial charge in [-0.3, -0.25) is 11.3 Å². The molecule has 0 saturated heterocycles. The summed E-state index contributed by atoms with van der Waals surface area (Å²) in [4.78, 5) is 0. The largest absolute Gasteiger partial charge is 0.271 e. The quantitative estimate of drug-likeness (QED) is 0.661. The number of hydrazine groups is 1. The molecule has 1 heterocycles. The first kappa shape index (κ1) is 12.5. The standard InChI is InChI=1S/C12H12ClFN2S/c13-10-6-9(1-2-11(10)14)12(16-15)5-8-3-4-17-7-8/h1-4,6-7,12,16H,5,15H2. The smallest absolute Gasteiger partial charge is 0.141 e. The highest BCUT2D eigenvalue weighted by molar-refractivity contribution is 7.07. The minimum Gasteiger partial charge on any atom is -0.271 e. The molecule has 0 spiro atoms. The lowest BCUT2D eigenvalue weighted by Gasteiger charge is -2.16. The molecule has 0 saturated carbocycles. The Morgan fingerprint density at radius 3 is 2.82 bits per heavy atom. The number of halogens is 2. The van der Waals surface area contributed by atoms with E-state index in [1.54, 1.807) is 23.5 Å². The summed E-state index contributed by atoms with van der Waals surface area (Å²) in [6, 6.07) is 6.63. The van der Waals surface area contributed by atoms with E-state index in [1.165, 1.54) is 11.6 Å². The van der Waals surface area contributed by atoms with Gasteiger partial charge in [0.25, 0.3) is 0 Å². The Morgan fingerprint density at radius 1 is 1.41 bits per heavy atom. The summed E-state index contributed by atoms with van der Waals surface area (Å²) >= 11 is 7.39. The van der Waals surface area contributed by atoms with Gasteiger partial charge in [0, 0.05) is 0 Å². The van der Waals surface area contributed by atoms with Crippen LogP contribution in [0.25, 0.3) is 0 Å². The van der Waals surface area contributed by atoms with Gasteiger partial charge in [0.05, 0.1) is 11.1 Å². The number of nitrogens with one attached hydrogen (secondary N) is 1. The molecule has 5 heteroatoms. The van der Waals surface area contributed by atoms with Crippen molar-refractivity contribution in [1.29, 1.82) is 0 Å². The Kier molecular flexibility index (Phi) is 4.12. The molecular weight excluding hydrogens is 259 g/mol. The predicted molar refractivity (Wildman–Crippen MR) is 69.5 cm³/mol. The van der Waals surface area contributed by atoms with Crippen LogP contribution in [-0.4, -0.2) is 0 Å². The van der Waals surface area contributed by atoms with E-state index in [1.807, 2.05) is 11.4 Å².